The topological polar surface area (TPSA) is 61.5 Å². The summed E-state index contributed by atoms with van der Waals surface area (Å²) in [5, 5.41) is 0.484. The number of hydrogen-bond donors (Lipinski definition) is 1. The molecule has 0 saturated heterocycles. The number of nitrogen functional groups attached to an aromatic ring is 1. The number of fused-ring (bicyclic) bond motifs is 3. The molecule has 1 saturated carbocycles. The van der Waals surface area contributed by atoms with E-state index >= 15 is 0 Å². The summed E-state index contributed by atoms with van der Waals surface area (Å²) in [5.41, 5.74) is 7.24. The minimum atomic E-state index is -0.193. The van der Waals surface area contributed by atoms with Crippen LogP contribution in [0.15, 0.2) is 12.1 Å². The SMILES string of the molecule is CCOC(=O)C1C2Oc3cc(Cl)c(N)cc3C21. The summed E-state index contributed by atoms with van der Waals surface area (Å²) in [6.07, 6.45) is -0.0954. The van der Waals surface area contributed by atoms with Crippen molar-refractivity contribution in [3.8, 4) is 5.75 Å². The van der Waals surface area contributed by atoms with Gasteiger partial charge in [0.05, 0.1) is 17.3 Å². The summed E-state index contributed by atoms with van der Waals surface area (Å²) in [5.74, 6) is 0.452. The van der Waals surface area contributed by atoms with Gasteiger partial charge in [-0.15, -0.1) is 0 Å². The van der Waals surface area contributed by atoms with Crippen LogP contribution in [0.3, 0.4) is 0 Å². The standard InChI is InChI=1S/C12H12ClNO3/c1-2-16-12(15)10-9-5-3-7(14)6(13)4-8(5)17-11(9)10/h3-4,9-11H,2,14H2,1H3. The summed E-state index contributed by atoms with van der Waals surface area (Å²) in [4.78, 5) is 11.6. The molecule has 1 aromatic rings. The molecule has 17 heavy (non-hydrogen) atoms. The average Bonchev–Trinajstić information content (AvgIpc) is 2.88. The second kappa shape index (κ2) is 3.53. The Kier molecular flexibility index (Phi) is 2.23. The van der Waals surface area contributed by atoms with Gasteiger partial charge in [0.15, 0.2) is 0 Å². The molecular formula is C12H12ClNO3. The Labute approximate surface area is 104 Å². The van der Waals surface area contributed by atoms with Crippen LogP contribution in [-0.2, 0) is 9.53 Å². The van der Waals surface area contributed by atoms with Gasteiger partial charge in [-0.05, 0) is 13.0 Å². The smallest absolute Gasteiger partial charge is 0.313 e. The normalized spacial score (nSPS) is 28.0. The Bertz CT molecular complexity index is 503. The number of rotatable bonds is 2. The number of anilines is 1. The van der Waals surface area contributed by atoms with E-state index in [1.165, 1.54) is 0 Å². The highest BCUT2D eigenvalue weighted by molar-refractivity contribution is 6.33. The Morgan fingerprint density at radius 1 is 1.59 bits per heavy atom. The molecule has 2 aliphatic rings. The number of carbonyl (C=O) groups is 1. The molecule has 1 aliphatic carbocycles. The zero-order valence-electron chi connectivity index (χ0n) is 9.27. The Morgan fingerprint density at radius 3 is 3.06 bits per heavy atom. The maximum atomic E-state index is 11.6. The van der Waals surface area contributed by atoms with E-state index in [0.717, 1.165) is 11.3 Å². The van der Waals surface area contributed by atoms with Crippen molar-refractivity contribution in [2.45, 2.75) is 18.9 Å². The van der Waals surface area contributed by atoms with Crippen molar-refractivity contribution in [1.82, 2.24) is 0 Å². The largest absolute Gasteiger partial charge is 0.488 e. The first-order valence-corrected chi connectivity index (χ1v) is 5.93. The first-order chi connectivity index (χ1) is 8.13. The predicted octanol–water partition coefficient (Wildman–Crippen LogP) is 1.96. The molecule has 2 N–H and O–H groups in total. The monoisotopic (exact) mass is 253 g/mol. The van der Waals surface area contributed by atoms with Crippen molar-refractivity contribution in [2.24, 2.45) is 5.92 Å². The molecule has 1 aliphatic heterocycles. The molecule has 0 bridgehead atoms. The maximum Gasteiger partial charge on any atom is 0.313 e. The molecule has 4 nitrogen and oxygen atoms in total. The lowest BCUT2D eigenvalue weighted by Crippen LogP contribution is -2.13. The second-order valence-corrected chi connectivity index (χ2v) is 4.70. The van der Waals surface area contributed by atoms with Gasteiger partial charge >= 0.3 is 5.97 Å². The molecule has 1 heterocycles. The quantitative estimate of drug-likeness (QED) is 0.647. The van der Waals surface area contributed by atoms with Crippen LogP contribution in [0.25, 0.3) is 0 Å². The lowest BCUT2D eigenvalue weighted by molar-refractivity contribution is -0.145. The highest BCUT2D eigenvalue weighted by Gasteiger charge is 2.63. The molecule has 1 fully saturated rings. The van der Waals surface area contributed by atoms with Gasteiger partial charge in [-0.25, -0.2) is 0 Å². The third-order valence-electron chi connectivity index (χ3n) is 3.26. The average molecular weight is 254 g/mol. The summed E-state index contributed by atoms with van der Waals surface area (Å²) >= 11 is 5.91. The zero-order valence-corrected chi connectivity index (χ0v) is 10.0. The number of benzene rings is 1. The van der Waals surface area contributed by atoms with E-state index in [0.29, 0.717) is 17.3 Å². The molecule has 0 aromatic heterocycles. The predicted molar refractivity (Wildman–Crippen MR) is 63.1 cm³/mol. The lowest BCUT2D eigenvalue weighted by atomic mass is 10.1. The number of hydrogen-bond acceptors (Lipinski definition) is 4. The van der Waals surface area contributed by atoms with E-state index in [9.17, 15) is 4.79 Å². The molecule has 3 rings (SSSR count). The van der Waals surface area contributed by atoms with Crippen LogP contribution < -0.4 is 10.5 Å². The van der Waals surface area contributed by atoms with Crippen molar-refractivity contribution in [3.05, 3.63) is 22.7 Å². The van der Waals surface area contributed by atoms with Crippen LogP contribution in [0.1, 0.15) is 18.4 Å². The number of carbonyl (C=O) groups excluding carboxylic acids is 1. The van der Waals surface area contributed by atoms with Gasteiger partial charge in [0.2, 0.25) is 0 Å². The highest BCUT2D eigenvalue weighted by atomic mass is 35.5. The molecule has 1 aromatic carbocycles. The van der Waals surface area contributed by atoms with Gasteiger partial charge in [0.25, 0.3) is 0 Å². The van der Waals surface area contributed by atoms with Crippen LogP contribution in [0.5, 0.6) is 5.75 Å². The van der Waals surface area contributed by atoms with E-state index in [-0.39, 0.29) is 23.9 Å². The molecule has 5 heteroatoms. The summed E-state index contributed by atoms with van der Waals surface area (Å²) in [6.45, 7) is 2.19. The van der Waals surface area contributed by atoms with Crippen LogP contribution in [0.2, 0.25) is 5.02 Å². The molecule has 0 amide bonds. The van der Waals surface area contributed by atoms with Crippen LogP contribution in [0, 0.1) is 5.92 Å². The molecule has 0 radical (unpaired) electrons. The summed E-state index contributed by atoms with van der Waals surface area (Å²) in [7, 11) is 0. The van der Waals surface area contributed by atoms with Gasteiger partial charge in [-0.3, -0.25) is 4.79 Å². The summed E-state index contributed by atoms with van der Waals surface area (Å²) < 4.78 is 10.7. The van der Waals surface area contributed by atoms with E-state index in [1.807, 2.05) is 0 Å². The molecule has 3 atom stereocenters. The Morgan fingerprint density at radius 2 is 2.35 bits per heavy atom. The molecular weight excluding hydrogens is 242 g/mol. The fourth-order valence-electron chi connectivity index (χ4n) is 2.42. The third-order valence-corrected chi connectivity index (χ3v) is 3.59. The van der Waals surface area contributed by atoms with Crippen LogP contribution in [-0.4, -0.2) is 18.7 Å². The van der Waals surface area contributed by atoms with E-state index in [4.69, 9.17) is 26.8 Å². The third kappa shape index (κ3) is 1.47. The van der Waals surface area contributed by atoms with Gasteiger partial charge in [-0.2, -0.15) is 0 Å². The van der Waals surface area contributed by atoms with Crippen LogP contribution in [0.4, 0.5) is 5.69 Å². The first kappa shape index (κ1) is 10.7. The number of esters is 1. The van der Waals surface area contributed by atoms with E-state index < -0.39 is 0 Å². The number of ether oxygens (including phenoxy) is 2. The highest BCUT2D eigenvalue weighted by Crippen LogP contribution is 2.59. The second-order valence-electron chi connectivity index (χ2n) is 4.30. The van der Waals surface area contributed by atoms with Gasteiger partial charge in [0.1, 0.15) is 17.8 Å². The maximum absolute atomic E-state index is 11.6. The first-order valence-electron chi connectivity index (χ1n) is 5.55. The van der Waals surface area contributed by atoms with Gasteiger partial charge in [0, 0.05) is 17.5 Å². The van der Waals surface area contributed by atoms with Crippen molar-refractivity contribution in [2.75, 3.05) is 12.3 Å². The lowest BCUT2D eigenvalue weighted by Gasteiger charge is -2.09. The molecule has 0 spiro atoms. The van der Waals surface area contributed by atoms with Gasteiger partial charge in [-0.1, -0.05) is 11.6 Å². The van der Waals surface area contributed by atoms with E-state index in [2.05, 4.69) is 0 Å². The molecule has 90 valence electrons. The number of nitrogens with two attached hydrogens (primary N) is 1. The van der Waals surface area contributed by atoms with Gasteiger partial charge < -0.3 is 15.2 Å². The Balaban J connectivity index is 1.86. The minimum Gasteiger partial charge on any atom is -0.488 e. The fourth-order valence-corrected chi connectivity index (χ4v) is 2.57. The van der Waals surface area contributed by atoms with Crippen molar-refractivity contribution in [3.63, 3.8) is 0 Å². The number of halogens is 1. The summed E-state index contributed by atoms with van der Waals surface area (Å²) in [6, 6.07) is 3.50. The molecule has 3 unspecified atom stereocenters. The van der Waals surface area contributed by atoms with Crippen molar-refractivity contribution < 1.29 is 14.3 Å². The Hall–Kier alpha value is -1.42. The minimum absolute atomic E-state index is 0.0867. The van der Waals surface area contributed by atoms with Crippen molar-refractivity contribution >= 4 is 23.3 Å². The van der Waals surface area contributed by atoms with Crippen LogP contribution >= 0.6 is 11.6 Å². The fraction of sp³-hybridized carbons (Fsp3) is 0.417. The zero-order chi connectivity index (χ0) is 12.2. The van der Waals surface area contributed by atoms with E-state index in [1.54, 1.807) is 19.1 Å². The van der Waals surface area contributed by atoms with Crippen molar-refractivity contribution in [1.29, 1.82) is 0 Å².